The third kappa shape index (κ3) is 4.96. The van der Waals surface area contributed by atoms with Gasteiger partial charge in [-0.05, 0) is 44.5 Å². The van der Waals surface area contributed by atoms with Crippen molar-refractivity contribution < 1.29 is 23.9 Å². The first-order valence-electron chi connectivity index (χ1n) is 7.17. The van der Waals surface area contributed by atoms with Crippen molar-refractivity contribution in [3.63, 3.8) is 0 Å². The number of cyclic esters (lactones) is 2. The fraction of sp³-hybridized carbons (Fsp3) is 0.438. The minimum Gasteiger partial charge on any atom is -0.444 e. The molecule has 1 N–H and O–H groups in total. The second-order valence-corrected chi connectivity index (χ2v) is 6.75. The molecule has 1 saturated heterocycles. The average Bonchev–Trinajstić information content (AvgIpc) is 2.37. The monoisotopic (exact) mass is 339 g/mol. The number of benzene rings is 1. The van der Waals surface area contributed by atoms with Crippen LogP contribution in [0.3, 0.4) is 0 Å². The van der Waals surface area contributed by atoms with Crippen LogP contribution in [0.5, 0.6) is 0 Å². The molecule has 1 aliphatic heterocycles. The van der Waals surface area contributed by atoms with Crippen LogP contribution in [0.1, 0.15) is 45.1 Å². The number of esters is 2. The van der Waals surface area contributed by atoms with Gasteiger partial charge in [0.05, 0.1) is 12.8 Å². The van der Waals surface area contributed by atoms with Gasteiger partial charge >= 0.3 is 18.0 Å². The summed E-state index contributed by atoms with van der Waals surface area (Å²) in [4.78, 5) is 34.9. The number of anilines is 1. The van der Waals surface area contributed by atoms with E-state index in [1.807, 2.05) is 0 Å². The maximum Gasteiger partial charge on any atom is 0.412 e. The lowest BCUT2D eigenvalue weighted by molar-refractivity contribution is -0.163. The number of halogens is 1. The Hall–Kier alpha value is -2.08. The number of ether oxygens (including phenoxy) is 2. The second-order valence-electron chi connectivity index (χ2n) is 6.31. The molecule has 0 unspecified atom stereocenters. The maximum atomic E-state index is 12.0. The maximum absolute atomic E-state index is 12.0. The summed E-state index contributed by atoms with van der Waals surface area (Å²) in [6.07, 6.45) is -0.518. The molecule has 7 heteroatoms. The smallest absolute Gasteiger partial charge is 0.412 e. The molecule has 124 valence electrons. The molecule has 1 heterocycles. The van der Waals surface area contributed by atoms with E-state index in [4.69, 9.17) is 16.3 Å². The van der Waals surface area contributed by atoms with Gasteiger partial charge in [0.2, 0.25) is 0 Å². The lowest BCUT2D eigenvalue weighted by Crippen LogP contribution is -2.28. The summed E-state index contributed by atoms with van der Waals surface area (Å²) in [6.45, 7) is 5.27. The summed E-state index contributed by atoms with van der Waals surface area (Å²) in [5.41, 5.74) is 0.422. The molecule has 1 amide bonds. The Balaban J connectivity index is 2.25. The molecule has 2 rings (SSSR count). The lowest BCUT2D eigenvalue weighted by atomic mass is 9.90. The Morgan fingerprint density at radius 3 is 2.43 bits per heavy atom. The second kappa shape index (κ2) is 6.58. The van der Waals surface area contributed by atoms with Crippen molar-refractivity contribution in [2.75, 3.05) is 5.32 Å². The molecule has 1 aromatic carbocycles. The van der Waals surface area contributed by atoms with Crippen molar-refractivity contribution in [3.05, 3.63) is 28.8 Å². The van der Waals surface area contributed by atoms with Gasteiger partial charge in [0.15, 0.2) is 0 Å². The standard InChI is InChI=1S/C16H18ClNO5/c1-16(2,3)23-15(21)18-12-5-4-10(17)8-11(12)9-6-13(19)22-14(20)7-9/h4-5,8-9H,6-7H2,1-3H3,(H,18,21). The van der Waals surface area contributed by atoms with Crippen molar-refractivity contribution in [1.82, 2.24) is 0 Å². The van der Waals surface area contributed by atoms with Crippen molar-refractivity contribution >= 4 is 35.3 Å². The zero-order valence-corrected chi connectivity index (χ0v) is 13.9. The number of rotatable bonds is 2. The fourth-order valence-electron chi connectivity index (χ4n) is 2.30. The van der Waals surface area contributed by atoms with Gasteiger partial charge in [-0.25, -0.2) is 4.79 Å². The molecule has 0 aliphatic carbocycles. The normalized spacial score (nSPS) is 16.0. The molecule has 6 nitrogen and oxygen atoms in total. The third-order valence-electron chi connectivity index (χ3n) is 3.14. The molecule has 0 spiro atoms. The molecule has 23 heavy (non-hydrogen) atoms. The Morgan fingerprint density at radius 1 is 1.26 bits per heavy atom. The molecule has 0 saturated carbocycles. The van der Waals surface area contributed by atoms with Crippen LogP contribution < -0.4 is 5.32 Å². The minimum atomic E-state index is -0.638. The van der Waals surface area contributed by atoms with Gasteiger partial charge in [-0.3, -0.25) is 14.9 Å². The summed E-state index contributed by atoms with van der Waals surface area (Å²) in [5.74, 6) is -1.57. The van der Waals surface area contributed by atoms with Crippen molar-refractivity contribution in [2.24, 2.45) is 0 Å². The van der Waals surface area contributed by atoms with Crippen LogP contribution >= 0.6 is 11.6 Å². The first-order valence-corrected chi connectivity index (χ1v) is 7.55. The predicted octanol–water partition coefficient (Wildman–Crippen LogP) is 3.63. The Bertz CT molecular complexity index is 634. The molecule has 0 aromatic heterocycles. The third-order valence-corrected chi connectivity index (χ3v) is 3.38. The highest BCUT2D eigenvalue weighted by Crippen LogP contribution is 2.35. The summed E-state index contributed by atoms with van der Waals surface area (Å²) in [5, 5.41) is 3.08. The van der Waals surface area contributed by atoms with Crippen LogP contribution in [-0.4, -0.2) is 23.6 Å². The van der Waals surface area contributed by atoms with E-state index in [-0.39, 0.29) is 12.8 Å². The van der Waals surface area contributed by atoms with E-state index in [0.717, 1.165) is 0 Å². The van der Waals surface area contributed by atoms with Gasteiger partial charge in [0, 0.05) is 16.6 Å². The van der Waals surface area contributed by atoms with Gasteiger partial charge in [0.1, 0.15) is 5.60 Å². The van der Waals surface area contributed by atoms with E-state index in [9.17, 15) is 14.4 Å². The molecular formula is C16H18ClNO5. The first-order chi connectivity index (χ1) is 10.6. The molecule has 0 bridgehead atoms. The Labute approximate surface area is 139 Å². The van der Waals surface area contributed by atoms with Crippen molar-refractivity contribution in [3.8, 4) is 0 Å². The van der Waals surface area contributed by atoms with E-state index >= 15 is 0 Å². The van der Waals surface area contributed by atoms with Gasteiger partial charge in [0.25, 0.3) is 0 Å². The minimum absolute atomic E-state index is 0.0507. The van der Waals surface area contributed by atoms with Crippen LogP contribution in [0.15, 0.2) is 18.2 Å². The number of nitrogens with one attached hydrogen (secondary N) is 1. The average molecular weight is 340 g/mol. The van der Waals surface area contributed by atoms with Gasteiger partial charge in [-0.1, -0.05) is 11.6 Å². The van der Waals surface area contributed by atoms with Crippen LogP contribution in [0.4, 0.5) is 10.5 Å². The van der Waals surface area contributed by atoms with Gasteiger partial charge in [-0.2, -0.15) is 0 Å². The highest BCUT2D eigenvalue weighted by Gasteiger charge is 2.30. The van der Waals surface area contributed by atoms with Crippen LogP contribution in [0.25, 0.3) is 0 Å². The summed E-state index contributed by atoms with van der Waals surface area (Å²) < 4.78 is 9.75. The number of carbonyl (C=O) groups is 3. The number of amides is 1. The predicted molar refractivity (Wildman–Crippen MR) is 84.4 cm³/mol. The fourth-order valence-corrected chi connectivity index (χ4v) is 2.48. The molecule has 0 radical (unpaired) electrons. The van der Waals surface area contributed by atoms with Gasteiger partial charge < -0.3 is 9.47 Å². The van der Waals surface area contributed by atoms with E-state index in [1.54, 1.807) is 39.0 Å². The van der Waals surface area contributed by atoms with E-state index in [1.165, 1.54) is 0 Å². The van der Waals surface area contributed by atoms with Crippen molar-refractivity contribution in [1.29, 1.82) is 0 Å². The quantitative estimate of drug-likeness (QED) is 0.657. The van der Waals surface area contributed by atoms with E-state index < -0.39 is 29.6 Å². The van der Waals surface area contributed by atoms with E-state index in [0.29, 0.717) is 16.3 Å². The van der Waals surface area contributed by atoms with Crippen LogP contribution in [0.2, 0.25) is 5.02 Å². The largest absolute Gasteiger partial charge is 0.444 e. The van der Waals surface area contributed by atoms with Gasteiger partial charge in [-0.15, -0.1) is 0 Å². The van der Waals surface area contributed by atoms with E-state index in [2.05, 4.69) is 10.1 Å². The zero-order valence-electron chi connectivity index (χ0n) is 13.1. The zero-order chi connectivity index (χ0) is 17.2. The molecule has 0 atom stereocenters. The molecular weight excluding hydrogens is 322 g/mol. The summed E-state index contributed by atoms with van der Waals surface area (Å²) >= 11 is 6.01. The first kappa shape index (κ1) is 17.3. The summed E-state index contributed by atoms with van der Waals surface area (Å²) in [7, 11) is 0. The number of hydrogen-bond acceptors (Lipinski definition) is 5. The molecule has 1 aromatic rings. The molecule has 1 fully saturated rings. The van der Waals surface area contributed by atoms with Crippen molar-refractivity contribution in [2.45, 2.75) is 45.1 Å². The Morgan fingerprint density at radius 2 is 1.87 bits per heavy atom. The number of hydrogen-bond donors (Lipinski definition) is 1. The summed E-state index contributed by atoms with van der Waals surface area (Å²) in [6, 6.07) is 4.86. The lowest BCUT2D eigenvalue weighted by Gasteiger charge is -2.24. The highest BCUT2D eigenvalue weighted by atomic mass is 35.5. The highest BCUT2D eigenvalue weighted by molar-refractivity contribution is 6.30. The SMILES string of the molecule is CC(C)(C)OC(=O)Nc1ccc(Cl)cc1C1CC(=O)OC(=O)C1. The molecule has 1 aliphatic rings. The number of carbonyl (C=O) groups excluding carboxylic acids is 3. The Kier molecular flexibility index (Phi) is 4.94. The topological polar surface area (TPSA) is 81.7 Å². The van der Waals surface area contributed by atoms with Crippen LogP contribution in [0, 0.1) is 0 Å². The van der Waals surface area contributed by atoms with Crippen LogP contribution in [-0.2, 0) is 19.1 Å².